The van der Waals surface area contributed by atoms with E-state index in [1.165, 1.54) is 43.1 Å². The van der Waals surface area contributed by atoms with Gasteiger partial charge in [0.25, 0.3) is 0 Å². The van der Waals surface area contributed by atoms with Crippen LogP contribution < -0.4 is 35.3 Å². The Kier molecular flexibility index (Phi) is 10.0. The van der Waals surface area contributed by atoms with Gasteiger partial charge in [-0.05, 0) is 78.4 Å². The number of rotatable bonds is 6. The fourth-order valence-corrected chi connectivity index (χ4v) is 17.1. The largest absolute Gasteiger partial charge is 0.509 e. The monoisotopic (exact) mass is 1110 g/mol. The first kappa shape index (κ1) is 43.3. The van der Waals surface area contributed by atoms with Gasteiger partial charge in [-0.25, -0.2) is 4.98 Å². The van der Waals surface area contributed by atoms with Crippen LogP contribution in [0.3, 0.4) is 0 Å². The molecule has 0 radical (unpaired) electrons. The van der Waals surface area contributed by atoms with Crippen LogP contribution in [0.15, 0.2) is 212 Å². The summed E-state index contributed by atoms with van der Waals surface area (Å²) in [4.78, 5) is 9.75. The molecule has 5 nitrogen and oxygen atoms in total. The normalized spacial score (nSPS) is 13.7. The van der Waals surface area contributed by atoms with Crippen LogP contribution in [0.1, 0.15) is 26.3 Å². The van der Waals surface area contributed by atoms with Crippen LogP contribution >= 0.6 is 0 Å². The molecule has 2 aromatic heterocycles. The molecule has 344 valence electrons. The third-order valence-electron chi connectivity index (χ3n) is 14.7. The summed E-state index contributed by atoms with van der Waals surface area (Å²) in [5.74, 6) is 2.08. The summed E-state index contributed by atoms with van der Waals surface area (Å²) in [6.07, 6.45) is 1.92. The quantitative estimate of drug-likeness (QED) is 0.123. The van der Waals surface area contributed by atoms with Crippen LogP contribution in [-0.4, -0.2) is 17.6 Å². The van der Waals surface area contributed by atoms with Gasteiger partial charge in [0.15, 0.2) is 0 Å². The minimum atomic E-state index is -2.95. The zero-order chi connectivity index (χ0) is 46.7. The maximum atomic E-state index is 6.99. The molecule has 0 atom stereocenters. The Morgan fingerprint density at radius 2 is 1.10 bits per heavy atom. The van der Waals surface area contributed by atoms with E-state index < -0.39 is 8.07 Å². The van der Waals surface area contributed by atoms with Gasteiger partial charge in [0.2, 0.25) is 0 Å². The Bertz CT molecular complexity index is 3810. The van der Waals surface area contributed by atoms with Gasteiger partial charge in [0.05, 0.1) is 0 Å². The van der Waals surface area contributed by atoms with E-state index in [0.717, 1.165) is 66.9 Å². The number of hydrogen-bond donors (Lipinski definition) is 0. The summed E-state index contributed by atoms with van der Waals surface area (Å²) < 4.78 is 9.21. The fraction of sp³-hybridized carbons (Fsp3) is 0.0625. The van der Waals surface area contributed by atoms with Gasteiger partial charge < -0.3 is 19.1 Å². The predicted molar refractivity (Wildman–Crippen MR) is 290 cm³/mol. The number of hydrogen-bond acceptors (Lipinski definition) is 4. The Hall–Kier alpha value is -7.76. The van der Waals surface area contributed by atoms with Gasteiger partial charge in [-0.15, -0.1) is 41.5 Å². The van der Waals surface area contributed by atoms with Crippen molar-refractivity contribution in [2.24, 2.45) is 0 Å². The molecule has 0 saturated carbocycles. The van der Waals surface area contributed by atoms with Gasteiger partial charge in [-0.3, -0.25) is 0 Å². The maximum absolute atomic E-state index is 6.99. The van der Waals surface area contributed by atoms with E-state index in [0.29, 0.717) is 11.5 Å². The Morgan fingerprint density at radius 1 is 0.507 bits per heavy atom. The van der Waals surface area contributed by atoms with Crippen molar-refractivity contribution in [1.82, 2.24) is 9.55 Å². The van der Waals surface area contributed by atoms with Crippen molar-refractivity contribution in [1.29, 1.82) is 0 Å². The number of fused-ring (bicyclic) bond motifs is 12. The summed E-state index contributed by atoms with van der Waals surface area (Å²) in [7, 11) is -2.95. The number of para-hydroxylation sites is 3. The molecule has 11 aromatic rings. The molecule has 0 N–H and O–H groups in total. The van der Waals surface area contributed by atoms with Crippen molar-refractivity contribution in [3.8, 4) is 50.7 Å². The van der Waals surface area contributed by atoms with E-state index in [9.17, 15) is 0 Å². The fourth-order valence-electron chi connectivity index (χ4n) is 11.6. The summed E-state index contributed by atoms with van der Waals surface area (Å²) in [5, 5.41) is 7.68. The van der Waals surface area contributed by atoms with Crippen molar-refractivity contribution >= 4 is 73.4 Å². The summed E-state index contributed by atoms with van der Waals surface area (Å²) >= 11 is 0. The van der Waals surface area contributed by atoms with Crippen molar-refractivity contribution < 1.29 is 25.8 Å². The number of aromatic nitrogens is 2. The van der Waals surface area contributed by atoms with Crippen LogP contribution in [0.2, 0.25) is 0 Å². The molecule has 1 spiro atoms. The van der Waals surface area contributed by atoms with E-state index in [1.54, 1.807) is 0 Å². The second kappa shape index (κ2) is 16.4. The van der Waals surface area contributed by atoms with Gasteiger partial charge in [-0.2, -0.15) is 12.1 Å². The Labute approximate surface area is 429 Å². The van der Waals surface area contributed by atoms with Crippen molar-refractivity contribution in [2.75, 3.05) is 9.80 Å². The first-order chi connectivity index (χ1) is 34.4. The molecule has 0 amide bonds. The van der Waals surface area contributed by atoms with Gasteiger partial charge in [-0.1, -0.05) is 190 Å². The van der Waals surface area contributed by atoms with Crippen molar-refractivity contribution in [2.45, 2.75) is 26.2 Å². The Morgan fingerprint density at radius 3 is 1.80 bits per heavy atom. The SMILES string of the molecule is CC(C)(C)c1ccnc(-n2c3[c-]c(Oc4[c-]c5c(cc4)[Si]4(c6ccccc6-c6ccccc64)c4cccc6c4N5[CH-]N6c4c(-c5ccccc5)cccc4-c4ccccc4)ccc3c3ccccc32)c1.[Pt]. The van der Waals surface area contributed by atoms with Gasteiger partial charge in [0, 0.05) is 72.5 Å². The topological polar surface area (TPSA) is 33.5 Å². The van der Waals surface area contributed by atoms with E-state index in [4.69, 9.17) is 9.72 Å². The molecule has 0 saturated heterocycles. The van der Waals surface area contributed by atoms with Crippen molar-refractivity contribution in [3.63, 3.8) is 0 Å². The van der Waals surface area contributed by atoms with Crippen LogP contribution in [0.25, 0.3) is 61.0 Å². The van der Waals surface area contributed by atoms with Crippen molar-refractivity contribution in [3.05, 3.63) is 237 Å². The van der Waals surface area contributed by atoms with Gasteiger partial charge >= 0.3 is 0 Å². The number of benzene rings is 9. The van der Waals surface area contributed by atoms with Crippen LogP contribution in [-0.2, 0) is 26.5 Å². The number of nitrogens with zero attached hydrogens (tertiary/aromatic N) is 4. The maximum Gasteiger partial charge on any atom is 0.135 e. The molecule has 7 heteroatoms. The van der Waals surface area contributed by atoms with E-state index in [1.807, 2.05) is 12.3 Å². The first-order valence-corrected chi connectivity index (χ1v) is 26.0. The molecule has 14 rings (SSSR count). The van der Waals surface area contributed by atoms with Crippen LogP contribution in [0, 0.1) is 18.8 Å². The smallest absolute Gasteiger partial charge is 0.135 e. The number of anilines is 4. The zero-order valence-electron chi connectivity index (χ0n) is 39.3. The van der Waals surface area contributed by atoms with E-state index >= 15 is 0 Å². The van der Waals surface area contributed by atoms with E-state index in [-0.39, 0.29) is 26.5 Å². The number of pyridine rings is 1. The average Bonchev–Trinajstić information content (AvgIpc) is 4.06. The molecule has 5 heterocycles. The minimum Gasteiger partial charge on any atom is -0.509 e. The summed E-state index contributed by atoms with van der Waals surface area (Å²) in [5.41, 5.74) is 14.8. The molecule has 0 fully saturated rings. The molecule has 9 aromatic carbocycles. The average molecular weight is 1110 g/mol. The van der Waals surface area contributed by atoms with Crippen LogP contribution in [0.5, 0.6) is 11.5 Å². The molecule has 3 aliphatic heterocycles. The minimum absolute atomic E-state index is 0. The first-order valence-electron chi connectivity index (χ1n) is 24.0. The van der Waals surface area contributed by atoms with Gasteiger partial charge in [0.1, 0.15) is 13.9 Å². The summed E-state index contributed by atoms with van der Waals surface area (Å²) in [6, 6.07) is 82.6. The molecule has 0 aliphatic carbocycles. The molecule has 71 heavy (non-hydrogen) atoms. The molecular weight excluding hydrogens is 1060 g/mol. The summed E-state index contributed by atoms with van der Waals surface area (Å²) in [6.45, 7) is 9.01. The second-order valence-corrected chi connectivity index (χ2v) is 23.2. The Balaban J connectivity index is 0.00000492. The predicted octanol–water partition coefficient (Wildman–Crippen LogP) is 13.3. The van der Waals surface area contributed by atoms with Crippen LogP contribution in [0.4, 0.5) is 22.7 Å². The number of ether oxygens (including phenoxy) is 1. The second-order valence-electron chi connectivity index (χ2n) is 19.6. The third kappa shape index (κ3) is 6.44. The zero-order valence-corrected chi connectivity index (χ0v) is 42.6. The molecular formula is C64H45N4OPtSi-3. The third-order valence-corrected chi connectivity index (χ3v) is 19.6. The standard InChI is InChI=1S/C64H45N4OSi.Pt/c1-64(2,3)44-36-37-65-61(38-44)68-53-27-13-10-22-49(53)50-34-32-45(39-55(50)68)69-46-33-35-59-56(40-46)67-41-66(62-47(42-18-6-4-7-19-42)25-16-26-48(62)43-20-8-5-9-21-43)54-28-17-31-60(63(54)67)70(59)57-29-14-11-23-51(57)52-24-12-15-30-58(52)70;/h4-38,41H,1-3H3;/q-3;. The molecule has 0 bridgehead atoms. The molecule has 0 unspecified atom stereocenters. The van der Waals surface area contributed by atoms with E-state index in [2.05, 4.69) is 254 Å². The molecule has 3 aliphatic rings.